The molecule has 2 atom stereocenters. The number of hydrogen-bond donors (Lipinski definition) is 1. The first-order chi connectivity index (χ1) is 8.97. The Labute approximate surface area is 121 Å². The number of benzene rings is 1. The normalized spacial score (nSPS) is 31.9. The molecule has 1 saturated heterocycles. The quantitative estimate of drug-likeness (QED) is 0.922. The first-order valence-corrected chi connectivity index (χ1v) is 7.68. The number of rotatable bonds is 3. The van der Waals surface area contributed by atoms with Gasteiger partial charge in [-0.25, -0.2) is 4.39 Å². The Kier molecular flexibility index (Phi) is 3.44. The third-order valence-electron chi connectivity index (χ3n) is 4.26. The predicted octanol–water partition coefficient (Wildman–Crippen LogP) is 3.12. The van der Waals surface area contributed by atoms with E-state index in [1.165, 1.54) is 25.0 Å². The summed E-state index contributed by atoms with van der Waals surface area (Å²) in [5.74, 6) is -0.244. The fourth-order valence-corrected chi connectivity index (χ4v) is 3.67. The van der Waals surface area contributed by atoms with Crippen molar-refractivity contribution in [2.45, 2.75) is 50.3 Å². The molecule has 2 unspecified atom stereocenters. The van der Waals surface area contributed by atoms with Crippen LogP contribution in [-0.2, 0) is 6.42 Å². The van der Waals surface area contributed by atoms with Gasteiger partial charge in [0.05, 0.1) is 5.60 Å². The smallest absolute Gasteiger partial charge is 0.123 e. The summed E-state index contributed by atoms with van der Waals surface area (Å²) >= 11 is 3.44. The van der Waals surface area contributed by atoms with Crippen LogP contribution in [0.1, 0.15) is 31.7 Å². The van der Waals surface area contributed by atoms with E-state index in [1.54, 1.807) is 6.07 Å². The summed E-state index contributed by atoms with van der Waals surface area (Å²) in [6.07, 6.45) is 3.79. The molecule has 0 aromatic heterocycles. The second-order valence-electron chi connectivity index (χ2n) is 6.09. The van der Waals surface area contributed by atoms with Crippen molar-refractivity contribution in [1.29, 1.82) is 0 Å². The Morgan fingerprint density at radius 1 is 1.47 bits per heavy atom. The lowest BCUT2D eigenvalue weighted by molar-refractivity contribution is 0.0485. The largest absolute Gasteiger partial charge is 0.388 e. The summed E-state index contributed by atoms with van der Waals surface area (Å²) in [4.78, 5) is 2.41. The molecule has 1 aromatic carbocycles. The Hall–Kier alpha value is -0.450. The lowest BCUT2D eigenvalue weighted by Gasteiger charge is -2.24. The standard InChI is InChI=1S/C15H19BrFNO/c1-10-7-15(19,9-18(10)13-3-4-13)8-11-6-12(17)2-5-14(11)16/h2,5-6,10,13,19H,3-4,7-9H2,1H3. The average Bonchev–Trinajstić information content (AvgIpc) is 3.11. The first kappa shape index (κ1) is 13.5. The van der Waals surface area contributed by atoms with Gasteiger partial charge in [0.25, 0.3) is 0 Å². The Morgan fingerprint density at radius 2 is 2.21 bits per heavy atom. The van der Waals surface area contributed by atoms with Crippen molar-refractivity contribution in [2.75, 3.05) is 6.54 Å². The van der Waals surface area contributed by atoms with Gasteiger partial charge in [-0.3, -0.25) is 4.90 Å². The third-order valence-corrected chi connectivity index (χ3v) is 5.04. The van der Waals surface area contributed by atoms with Crippen molar-refractivity contribution in [3.05, 3.63) is 34.1 Å². The molecule has 3 rings (SSSR count). The molecule has 2 fully saturated rings. The molecule has 0 bridgehead atoms. The molecule has 1 aliphatic carbocycles. The predicted molar refractivity (Wildman–Crippen MR) is 76.6 cm³/mol. The van der Waals surface area contributed by atoms with Gasteiger partial charge in [0.15, 0.2) is 0 Å². The van der Waals surface area contributed by atoms with Crippen LogP contribution >= 0.6 is 15.9 Å². The summed E-state index contributed by atoms with van der Waals surface area (Å²) in [5, 5.41) is 10.8. The highest BCUT2D eigenvalue weighted by atomic mass is 79.9. The zero-order valence-electron chi connectivity index (χ0n) is 11.1. The van der Waals surface area contributed by atoms with Crippen LogP contribution in [0, 0.1) is 5.82 Å². The lowest BCUT2D eigenvalue weighted by atomic mass is 9.92. The molecule has 4 heteroatoms. The van der Waals surface area contributed by atoms with Crippen molar-refractivity contribution >= 4 is 15.9 Å². The number of likely N-dealkylation sites (tertiary alicyclic amines) is 1. The van der Waals surface area contributed by atoms with Gasteiger partial charge in [0.1, 0.15) is 5.82 Å². The number of aliphatic hydroxyl groups is 1. The van der Waals surface area contributed by atoms with E-state index in [4.69, 9.17) is 0 Å². The van der Waals surface area contributed by atoms with Crippen LogP contribution in [0.2, 0.25) is 0 Å². The van der Waals surface area contributed by atoms with E-state index in [9.17, 15) is 9.50 Å². The van der Waals surface area contributed by atoms with Gasteiger partial charge < -0.3 is 5.11 Å². The van der Waals surface area contributed by atoms with E-state index in [0.29, 0.717) is 25.0 Å². The van der Waals surface area contributed by atoms with E-state index in [-0.39, 0.29) is 5.82 Å². The zero-order valence-corrected chi connectivity index (χ0v) is 12.7. The van der Waals surface area contributed by atoms with Gasteiger partial charge in [-0.2, -0.15) is 0 Å². The minimum atomic E-state index is -0.724. The topological polar surface area (TPSA) is 23.5 Å². The molecular weight excluding hydrogens is 309 g/mol. The number of hydrogen-bond acceptors (Lipinski definition) is 2. The van der Waals surface area contributed by atoms with Gasteiger partial charge in [0, 0.05) is 29.5 Å². The number of halogens is 2. The molecule has 0 radical (unpaired) electrons. The Balaban J connectivity index is 1.76. The highest BCUT2D eigenvalue weighted by Gasteiger charge is 2.46. The fraction of sp³-hybridized carbons (Fsp3) is 0.600. The fourth-order valence-electron chi connectivity index (χ4n) is 3.28. The van der Waals surface area contributed by atoms with Crippen molar-refractivity contribution in [1.82, 2.24) is 4.90 Å². The summed E-state index contributed by atoms with van der Waals surface area (Å²) in [5.41, 5.74) is 0.130. The molecule has 19 heavy (non-hydrogen) atoms. The third kappa shape index (κ3) is 2.86. The number of nitrogens with zero attached hydrogens (tertiary/aromatic N) is 1. The molecule has 1 heterocycles. The van der Waals surface area contributed by atoms with Crippen molar-refractivity contribution < 1.29 is 9.50 Å². The van der Waals surface area contributed by atoms with E-state index < -0.39 is 5.60 Å². The minimum Gasteiger partial charge on any atom is -0.388 e. The van der Waals surface area contributed by atoms with E-state index in [2.05, 4.69) is 27.8 Å². The number of β-amino-alcohol motifs (C(OH)–C–C–N with tert-alkyl or cyclic N) is 1. The minimum absolute atomic E-state index is 0.244. The van der Waals surface area contributed by atoms with Crippen LogP contribution in [0.5, 0.6) is 0 Å². The monoisotopic (exact) mass is 327 g/mol. The van der Waals surface area contributed by atoms with E-state index in [0.717, 1.165) is 16.5 Å². The average molecular weight is 328 g/mol. The molecule has 0 amide bonds. The van der Waals surface area contributed by atoms with Gasteiger partial charge in [-0.05, 0) is 49.9 Å². The van der Waals surface area contributed by atoms with Crippen LogP contribution in [0.25, 0.3) is 0 Å². The summed E-state index contributed by atoms with van der Waals surface area (Å²) < 4.78 is 14.2. The van der Waals surface area contributed by atoms with Gasteiger partial charge in [-0.1, -0.05) is 15.9 Å². The van der Waals surface area contributed by atoms with Crippen LogP contribution in [0.3, 0.4) is 0 Å². The Morgan fingerprint density at radius 3 is 2.89 bits per heavy atom. The van der Waals surface area contributed by atoms with Crippen LogP contribution in [0.4, 0.5) is 4.39 Å². The SMILES string of the molecule is CC1CC(O)(Cc2cc(F)ccc2Br)CN1C1CC1. The van der Waals surface area contributed by atoms with E-state index in [1.807, 2.05) is 0 Å². The van der Waals surface area contributed by atoms with Crippen LogP contribution in [0.15, 0.2) is 22.7 Å². The lowest BCUT2D eigenvalue weighted by Crippen LogP contribution is -2.36. The molecule has 1 N–H and O–H groups in total. The molecule has 0 spiro atoms. The first-order valence-electron chi connectivity index (χ1n) is 6.89. The highest BCUT2D eigenvalue weighted by Crippen LogP contribution is 2.39. The summed E-state index contributed by atoms with van der Waals surface area (Å²) in [6.45, 7) is 2.89. The second-order valence-corrected chi connectivity index (χ2v) is 6.95. The maximum Gasteiger partial charge on any atom is 0.123 e. The second kappa shape index (κ2) is 4.83. The Bertz CT molecular complexity index is 491. The summed E-state index contributed by atoms with van der Waals surface area (Å²) in [6, 6.07) is 5.76. The van der Waals surface area contributed by atoms with E-state index >= 15 is 0 Å². The summed E-state index contributed by atoms with van der Waals surface area (Å²) in [7, 11) is 0. The molecular formula is C15H19BrFNO. The maximum absolute atomic E-state index is 13.3. The highest BCUT2D eigenvalue weighted by molar-refractivity contribution is 9.10. The van der Waals surface area contributed by atoms with Gasteiger partial charge in [-0.15, -0.1) is 0 Å². The van der Waals surface area contributed by atoms with Crippen molar-refractivity contribution in [3.63, 3.8) is 0 Å². The van der Waals surface area contributed by atoms with Crippen LogP contribution < -0.4 is 0 Å². The molecule has 1 aliphatic heterocycles. The maximum atomic E-state index is 13.3. The molecule has 2 nitrogen and oxygen atoms in total. The zero-order chi connectivity index (χ0) is 13.6. The van der Waals surface area contributed by atoms with Crippen LogP contribution in [-0.4, -0.2) is 34.2 Å². The molecule has 1 saturated carbocycles. The molecule has 2 aliphatic rings. The van der Waals surface area contributed by atoms with Crippen molar-refractivity contribution in [3.8, 4) is 0 Å². The van der Waals surface area contributed by atoms with Gasteiger partial charge in [0.2, 0.25) is 0 Å². The van der Waals surface area contributed by atoms with Gasteiger partial charge >= 0.3 is 0 Å². The molecule has 1 aromatic rings. The van der Waals surface area contributed by atoms with Crippen molar-refractivity contribution in [2.24, 2.45) is 0 Å². The molecule has 104 valence electrons.